The maximum Gasteiger partial charge on any atom is 0.309 e. The summed E-state index contributed by atoms with van der Waals surface area (Å²) in [4.78, 5) is 11.2. The normalized spacial score (nSPS) is 19.2. The van der Waals surface area contributed by atoms with E-state index in [0.717, 1.165) is 12.8 Å². The first-order valence-corrected chi connectivity index (χ1v) is 5.13. The molecule has 1 rings (SSSR count). The van der Waals surface area contributed by atoms with Gasteiger partial charge in [0.25, 0.3) is 0 Å². The predicted molar refractivity (Wildman–Crippen MR) is 52.4 cm³/mol. The summed E-state index contributed by atoms with van der Waals surface area (Å²) in [5, 5.41) is 0. The molecule has 2 heteroatoms. The fraction of sp³-hybridized carbons (Fsp3) is 0.727. The molecule has 0 aromatic heterocycles. The van der Waals surface area contributed by atoms with Crippen LogP contribution in [0.4, 0.5) is 0 Å². The molecule has 74 valence electrons. The number of hydrogen-bond acceptors (Lipinski definition) is 2. The van der Waals surface area contributed by atoms with Gasteiger partial charge in [0.15, 0.2) is 0 Å². The smallest absolute Gasteiger partial charge is 0.309 e. The Morgan fingerprint density at radius 1 is 1.38 bits per heavy atom. The lowest BCUT2D eigenvalue weighted by molar-refractivity contribution is -0.149. The fourth-order valence-electron chi connectivity index (χ4n) is 1.63. The van der Waals surface area contributed by atoms with Gasteiger partial charge in [-0.25, -0.2) is 0 Å². The Morgan fingerprint density at radius 3 is 2.69 bits per heavy atom. The maximum absolute atomic E-state index is 11.2. The van der Waals surface area contributed by atoms with Crippen LogP contribution in [0.5, 0.6) is 0 Å². The lowest BCUT2D eigenvalue weighted by Gasteiger charge is -2.21. The van der Waals surface area contributed by atoms with Crippen LogP contribution in [0.2, 0.25) is 0 Å². The molecule has 0 radical (unpaired) electrons. The second-order valence-corrected chi connectivity index (χ2v) is 3.52. The number of esters is 1. The average Bonchev–Trinajstić information content (AvgIpc) is 2.16. The Morgan fingerprint density at radius 2 is 2.08 bits per heavy atom. The highest BCUT2D eigenvalue weighted by molar-refractivity contribution is 5.71. The first kappa shape index (κ1) is 10.3. The molecule has 0 unspecified atom stereocenters. The molecule has 13 heavy (non-hydrogen) atoms. The molecule has 1 saturated carbocycles. The molecule has 0 N–H and O–H groups in total. The van der Waals surface area contributed by atoms with Crippen LogP contribution in [-0.4, -0.2) is 12.1 Å². The van der Waals surface area contributed by atoms with Crippen LogP contribution in [0, 0.1) is 0 Å². The van der Waals surface area contributed by atoms with Crippen molar-refractivity contribution in [3.05, 3.63) is 12.2 Å². The molecule has 0 aromatic carbocycles. The summed E-state index contributed by atoms with van der Waals surface area (Å²) < 4.78 is 5.30. The molecule has 0 spiro atoms. The molecule has 1 aliphatic rings. The summed E-state index contributed by atoms with van der Waals surface area (Å²) in [7, 11) is 0. The van der Waals surface area contributed by atoms with Gasteiger partial charge in [0.05, 0.1) is 6.42 Å². The van der Waals surface area contributed by atoms with Crippen molar-refractivity contribution in [2.45, 2.75) is 51.6 Å². The van der Waals surface area contributed by atoms with E-state index in [2.05, 4.69) is 0 Å². The van der Waals surface area contributed by atoms with Gasteiger partial charge in [0, 0.05) is 0 Å². The van der Waals surface area contributed by atoms with Crippen LogP contribution < -0.4 is 0 Å². The van der Waals surface area contributed by atoms with E-state index in [1.165, 1.54) is 19.3 Å². The summed E-state index contributed by atoms with van der Waals surface area (Å²) in [5.74, 6) is -0.0787. The first-order chi connectivity index (χ1) is 6.33. The number of carbonyl (C=O) groups excluding carboxylic acids is 1. The average molecular weight is 182 g/mol. The minimum atomic E-state index is -0.0787. The van der Waals surface area contributed by atoms with Crippen molar-refractivity contribution in [3.63, 3.8) is 0 Å². The first-order valence-electron chi connectivity index (χ1n) is 5.13. The van der Waals surface area contributed by atoms with Gasteiger partial charge >= 0.3 is 5.97 Å². The standard InChI is InChI=1S/C11H18O2/c1-2-3-9-11(12)13-10-7-5-4-6-8-10/h2-3,10H,4-9H2,1H3/b3-2+. The lowest BCUT2D eigenvalue weighted by Crippen LogP contribution is -2.20. The summed E-state index contributed by atoms with van der Waals surface area (Å²) in [5.41, 5.74) is 0. The van der Waals surface area contributed by atoms with E-state index in [1.807, 2.05) is 19.1 Å². The van der Waals surface area contributed by atoms with Crippen molar-refractivity contribution < 1.29 is 9.53 Å². The Bertz CT molecular complexity index is 179. The monoisotopic (exact) mass is 182 g/mol. The van der Waals surface area contributed by atoms with Crippen LogP contribution in [0.1, 0.15) is 45.4 Å². The van der Waals surface area contributed by atoms with Gasteiger partial charge in [-0.1, -0.05) is 18.6 Å². The minimum Gasteiger partial charge on any atom is -0.462 e. The van der Waals surface area contributed by atoms with E-state index in [1.54, 1.807) is 0 Å². The van der Waals surface area contributed by atoms with Gasteiger partial charge in [-0.2, -0.15) is 0 Å². The van der Waals surface area contributed by atoms with E-state index in [4.69, 9.17) is 4.74 Å². The SMILES string of the molecule is C/C=C/CC(=O)OC1CCCCC1. The molecule has 0 aliphatic heterocycles. The third-order valence-electron chi connectivity index (χ3n) is 2.37. The highest BCUT2D eigenvalue weighted by Crippen LogP contribution is 2.20. The molecule has 0 atom stereocenters. The molecule has 0 heterocycles. The molecule has 0 amide bonds. The summed E-state index contributed by atoms with van der Waals surface area (Å²) in [6.45, 7) is 1.91. The molecule has 0 bridgehead atoms. The minimum absolute atomic E-state index is 0.0787. The van der Waals surface area contributed by atoms with Crippen LogP contribution >= 0.6 is 0 Å². The quantitative estimate of drug-likeness (QED) is 0.495. The molecule has 1 fully saturated rings. The molecular weight excluding hydrogens is 164 g/mol. The molecule has 0 aromatic rings. The van der Waals surface area contributed by atoms with Gasteiger partial charge in [-0.15, -0.1) is 0 Å². The van der Waals surface area contributed by atoms with Gasteiger partial charge in [-0.3, -0.25) is 4.79 Å². The maximum atomic E-state index is 11.2. The van der Waals surface area contributed by atoms with E-state index in [0.29, 0.717) is 6.42 Å². The highest BCUT2D eigenvalue weighted by Gasteiger charge is 2.16. The third kappa shape index (κ3) is 4.11. The highest BCUT2D eigenvalue weighted by atomic mass is 16.5. The number of hydrogen-bond donors (Lipinski definition) is 0. The summed E-state index contributed by atoms with van der Waals surface area (Å²) in [6.07, 6.45) is 10.2. The Balaban J connectivity index is 2.18. The van der Waals surface area contributed by atoms with Gasteiger partial charge < -0.3 is 4.74 Å². The topological polar surface area (TPSA) is 26.3 Å². The number of carbonyl (C=O) groups is 1. The number of allylic oxidation sites excluding steroid dienone is 1. The van der Waals surface area contributed by atoms with E-state index in [9.17, 15) is 4.79 Å². The van der Waals surface area contributed by atoms with Crippen molar-refractivity contribution in [1.82, 2.24) is 0 Å². The van der Waals surface area contributed by atoms with Crippen LogP contribution in [0.15, 0.2) is 12.2 Å². The lowest BCUT2D eigenvalue weighted by atomic mass is 9.98. The molecule has 1 aliphatic carbocycles. The zero-order valence-electron chi connectivity index (χ0n) is 8.29. The van der Waals surface area contributed by atoms with Gasteiger partial charge in [-0.05, 0) is 32.6 Å². The van der Waals surface area contributed by atoms with Crippen molar-refractivity contribution in [1.29, 1.82) is 0 Å². The Labute approximate surface area is 80.0 Å². The fourth-order valence-corrected chi connectivity index (χ4v) is 1.63. The largest absolute Gasteiger partial charge is 0.462 e. The predicted octanol–water partition coefficient (Wildman–Crippen LogP) is 2.83. The second kappa shape index (κ2) is 5.79. The van der Waals surface area contributed by atoms with Crippen LogP contribution in [-0.2, 0) is 9.53 Å². The zero-order valence-corrected chi connectivity index (χ0v) is 8.29. The Kier molecular flexibility index (Phi) is 4.58. The molecule has 2 nitrogen and oxygen atoms in total. The van der Waals surface area contributed by atoms with E-state index < -0.39 is 0 Å². The second-order valence-electron chi connectivity index (χ2n) is 3.52. The van der Waals surface area contributed by atoms with E-state index in [-0.39, 0.29) is 12.1 Å². The zero-order chi connectivity index (χ0) is 9.52. The Hall–Kier alpha value is -0.790. The van der Waals surface area contributed by atoms with Gasteiger partial charge in [0.2, 0.25) is 0 Å². The number of rotatable bonds is 3. The molecule has 0 saturated heterocycles. The number of ether oxygens (including phenoxy) is 1. The van der Waals surface area contributed by atoms with E-state index >= 15 is 0 Å². The van der Waals surface area contributed by atoms with Crippen LogP contribution in [0.3, 0.4) is 0 Å². The van der Waals surface area contributed by atoms with Crippen molar-refractivity contribution >= 4 is 5.97 Å². The summed E-state index contributed by atoms with van der Waals surface area (Å²) >= 11 is 0. The van der Waals surface area contributed by atoms with Crippen molar-refractivity contribution in [2.75, 3.05) is 0 Å². The van der Waals surface area contributed by atoms with Crippen molar-refractivity contribution in [2.24, 2.45) is 0 Å². The van der Waals surface area contributed by atoms with Crippen molar-refractivity contribution in [3.8, 4) is 0 Å². The summed E-state index contributed by atoms with van der Waals surface area (Å²) in [6, 6.07) is 0. The third-order valence-corrected chi connectivity index (χ3v) is 2.37. The molecular formula is C11H18O2. The van der Waals surface area contributed by atoms with Crippen LogP contribution in [0.25, 0.3) is 0 Å². The van der Waals surface area contributed by atoms with Gasteiger partial charge in [0.1, 0.15) is 6.10 Å².